The van der Waals surface area contributed by atoms with Crippen LogP contribution in [0.25, 0.3) is 0 Å². The molecule has 0 saturated heterocycles. The van der Waals surface area contributed by atoms with Crippen LogP contribution in [0.3, 0.4) is 0 Å². The van der Waals surface area contributed by atoms with Crippen LogP contribution in [0.4, 0.5) is 5.69 Å². The summed E-state index contributed by atoms with van der Waals surface area (Å²) in [6.45, 7) is 1.98. The Kier molecular flexibility index (Phi) is 7.20. The lowest BCUT2D eigenvalue weighted by Gasteiger charge is -2.18. The number of carbonyl (C=O) groups excluding carboxylic acids is 1. The Morgan fingerprint density at radius 3 is 2.29 bits per heavy atom. The molecular formula is C23H23ClN2O4S. The van der Waals surface area contributed by atoms with Crippen molar-refractivity contribution in [1.29, 1.82) is 0 Å². The summed E-state index contributed by atoms with van der Waals surface area (Å²) < 4.78 is 32.6. The Balaban J connectivity index is 1.74. The summed E-state index contributed by atoms with van der Waals surface area (Å²) in [5, 5.41) is 3.11. The van der Waals surface area contributed by atoms with E-state index in [1.165, 1.54) is 30.3 Å². The molecule has 0 unspecified atom stereocenters. The summed E-state index contributed by atoms with van der Waals surface area (Å²) >= 11 is 6.27. The predicted octanol–water partition coefficient (Wildman–Crippen LogP) is 5.03. The van der Waals surface area contributed by atoms with Crippen molar-refractivity contribution in [3.05, 3.63) is 88.9 Å². The minimum atomic E-state index is -3.78. The van der Waals surface area contributed by atoms with Gasteiger partial charge in [0.15, 0.2) is 0 Å². The van der Waals surface area contributed by atoms with Crippen molar-refractivity contribution in [2.75, 3.05) is 11.8 Å². The number of hydrogen-bond acceptors (Lipinski definition) is 4. The molecule has 0 fully saturated rings. The molecule has 3 aromatic carbocycles. The van der Waals surface area contributed by atoms with Gasteiger partial charge in [0, 0.05) is 5.56 Å². The van der Waals surface area contributed by atoms with Gasteiger partial charge in [-0.1, -0.05) is 48.9 Å². The topological polar surface area (TPSA) is 84.5 Å². The average Bonchev–Trinajstić information content (AvgIpc) is 2.79. The number of amides is 1. The smallest absolute Gasteiger partial charge is 0.261 e. The monoisotopic (exact) mass is 458 g/mol. The summed E-state index contributed by atoms with van der Waals surface area (Å²) in [6, 6.07) is 19.7. The van der Waals surface area contributed by atoms with Gasteiger partial charge in [0.25, 0.3) is 15.9 Å². The first-order chi connectivity index (χ1) is 14.8. The van der Waals surface area contributed by atoms with E-state index in [1.807, 2.05) is 31.2 Å². The van der Waals surface area contributed by atoms with Crippen LogP contribution in [0.2, 0.25) is 5.02 Å². The standard InChI is InChI=1S/C23H23ClN2O4S/c1-3-21(16-9-12-18(30-2)13-10-16)25-23(27)17-11-14-22(20(24)15-17)26-31(28,29)19-7-5-4-6-8-19/h4-15,21,26H,3H2,1-2H3,(H,25,27)/t21-/m1/s1. The molecule has 162 valence electrons. The van der Waals surface area contributed by atoms with E-state index in [-0.39, 0.29) is 27.6 Å². The maximum Gasteiger partial charge on any atom is 0.261 e. The van der Waals surface area contributed by atoms with E-state index in [9.17, 15) is 13.2 Å². The summed E-state index contributed by atoms with van der Waals surface area (Å²) in [7, 11) is -2.18. The van der Waals surface area contributed by atoms with E-state index in [2.05, 4.69) is 10.0 Å². The van der Waals surface area contributed by atoms with E-state index in [4.69, 9.17) is 16.3 Å². The summed E-state index contributed by atoms with van der Waals surface area (Å²) in [4.78, 5) is 12.9. The third-order valence-corrected chi connectivity index (χ3v) is 6.45. The molecule has 0 heterocycles. The number of nitrogens with one attached hydrogen (secondary N) is 2. The Labute approximate surface area is 187 Å². The molecule has 0 bridgehead atoms. The molecule has 0 aliphatic carbocycles. The molecule has 0 aliphatic rings. The van der Waals surface area contributed by atoms with Crippen LogP contribution in [0.1, 0.15) is 35.3 Å². The van der Waals surface area contributed by atoms with Gasteiger partial charge >= 0.3 is 0 Å². The predicted molar refractivity (Wildman–Crippen MR) is 122 cm³/mol. The number of carbonyl (C=O) groups is 1. The van der Waals surface area contributed by atoms with Crippen molar-refractivity contribution >= 4 is 33.2 Å². The van der Waals surface area contributed by atoms with Gasteiger partial charge in [0.05, 0.1) is 28.8 Å². The fourth-order valence-corrected chi connectivity index (χ4v) is 4.43. The molecular weight excluding hydrogens is 436 g/mol. The van der Waals surface area contributed by atoms with E-state index in [0.717, 1.165) is 11.3 Å². The lowest BCUT2D eigenvalue weighted by atomic mass is 10.0. The lowest BCUT2D eigenvalue weighted by Crippen LogP contribution is -2.28. The van der Waals surface area contributed by atoms with E-state index < -0.39 is 10.0 Å². The summed E-state index contributed by atoms with van der Waals surface area (Å²) in [5.41, 5.74) is 1.49. The zero-order valence-electron chi connectivity index (χ0n) is 17.1. The number of sulfonamides is 1. The lowest BCUT2D eigenvalue weighted by molar-refractivity contribution is 0.0935. The molecule has 2 N–H and O–H groups in total. The molecule has 0 spiro atoms. The van der Waals surface area contributed by atoms with Crippen molar-refractivity contribution in [2.45, 2.75) is 24.3 Å². The molecule has 0 aliphatic heterocycles. The normalized spacial score (nSPS) is 12.1. The summed E-state index contributed by atoms with van der Waals surface area (Å²) in [5.74, 6) is 0.437. The van der Waals surface area contributed by atoms with Crippen molar-refractivity contribution in [3.8, 4) is 5.75 Å². The van der Waals surface area contributed by atoms with Gasteiger partial charge in [-0.15, -0.1) is 0 Å². The van der Waals surface area contributed by atoms with E-state index in [1.54, 1.807) is 25.3 Å². The van der Waals surface area contributed by atoms with E-state index in [0.29, 0.717) is 12.0 Å². The van der Waals surface area contributed by atoms with Gasteiger partial charge in [-0.05, 0) is 54.4 Å². The zero-order chi connectivity index (χ0) is 22.4. The third-order valence-electron chi connectivity index (χ3n) is 4.76. The Bertz CT molecular complexity index is 1150. The fraction of sp³-hybridized carbons (Fsp3) is 0.174. The first kappa shape index (κ1) is 22.7. The Morgan fingerprint density at radius 2 is 1.71 bits per heavy atom. The maximum atomic E-state index is 12.7. The molecule has 3 aromatic rings. The van der Waals surface area contributed by atoms with Crippen LogP contribution in [-0.2, 0) is 10.0 Å². The fourth-order valence-electron chi connectivity index (χ4n) is 3.04. The highest BCUT2D eigenvalue weighted by Gasteiger charge is 2.18. The van der Waals surface area contributed by atoms with E-state index >= 15 is 0 Å². The van der Waals surface area contributed by atoms with Crippen molar-refractivity contribution < 1.29 is 17.9 Å². The van der Waals surface area contributed by atoms with Crippen LogP contribution in [0.15, 0.2) is 77.7 Å². The van der Waals surface area contributed by atoms with Gasteiger partial charge in [0.2, 0.25) is 0 Å². The quantitative estimate of drug-likeness (QED) is 0.495. The number of benzene rings is 3. The second-order valence-corrected chi connectivity index (χ2v) is 8.91. The molecule has 0 aromatic heterocycles. The van der Waals surface area contributed by atoms with Crippen LogP contribution < -0.4 is 14.8 Å². The first-order valence-electron chi connectivity index (χ1n) is 9.66. The SMILES string of the molecule is CC[C@@H](NC(=O)c1ccc(NS(=O)(=O)c2ccccc2)c(Cl)c1)c1ccc(OC)cc1. The van der Waals surface area contributed by atoms with Crippen LogP contribution in [-0.4, -0.2) is 21.4 Å². The minimum Gasteiger partial charge on any atom is -0.497 e. The second kappa shape index (κ2) is 9.85. The van der Waals surface area contributed by atoms with Gasteiger partial charge in [-0.2, -0.15) is 0 Å². The highest BCUT2D eigenvalue weighted by atomic mass is 35.5. The number of ether oxygens (including phenoxy) is 1. The molecule has 31 heavy (non-hydrogen) atoms. The van der Waals surface area contributed by atoms with Crippen molar-refractivity contribution in [3.63, 3.8) is 0 Å². The van der Waals surface area contributed by atoms with Gasteiger partial charge < -0.3 is 10.1 Å². The van der Waals surface area contributed by atoms with Crippen LogP contribution in [0.5, 0.6) is 5.75 Å². The first-order valence-corrected chi connectivity index (χ1v) is 11.5. The van der Waals surface area contributed by atoms with Crippen LogP contribution in [0, 0.1) is 0 Å². The van der Waals surface area contributed by atoms with Gasteiger partial charge in [-0.25, -0.2) is 8.42 Å². The second-order valence-electron chi connectivity index (χ2n) is 6.82. The number of halogens is 1. The minimum absolute atomic E-state index is 0.123. The number of anilines is 1. The highest BCUT2D eigenvalue weighted by Crippen LogP contribution is 2.27. The van der Waals surface area contributed by atoms with Crippen LogP contribution >= 0.6 is 11.6 Å². The largest absolute Gasteiger partial charge is 0.497 e. The Hall–Kier alpha value is -3.03. The third kappa shape index (κ3) is 5.57. The van der Waals surface area contributed by atoms with Crippen molar-refractivity contribution in [2.24, 2.45) is 0 Å². The maximum absolute atomic E-state index is 12.7. The zero-order valence-corrected chi connectivity index (χ0v) is 18.7. The Morgan fingerprint density at radius 1 is 1.03 bits per heavy atom. The average molecular weight is 459 g/mol. The molecule has 0 saturated carbocycles. The highest BCUT2D eigenvalue weighted by molar-refractivity contribution is 7.92. The number of hydrogen-bond donors (Lipinski definition) is 2. The van der Waals surface area contributed by atoms with Gasteiger partial charge in [-0.3, -0.25) is 9.52 Å². The molecule has 1 amide bonds. The number of methoxy groups -OCH3 is 1. The van der Waals surface area contributed by atoms with Gasteiger partial charge in [0.1, 0.15) is 5.75 Å². The van der Waals surface area contributed by atoms with Crippen molar-refractivity contribution in [1.82, 2.24) is 5.32 Å². The number of rotatable bonds is 8. The molecule has 0 radical (unpaired) electrons. The molecule has 8 heteroatoms. The molecule has 6 nitrogen and oxygen atoms in total. The molecule has 1 atom stereocenters. The molecule has 3 rings (SSSR count). The summed E-state index contributed by atoms with van der Waals surface area (Å²) in [6.07, 6.45) is 0.695.